The van der Waals surface area contributed by atoms with Crippen LogP contribution in [0.3, 0.4) is 0 Å². The number of nitrogens with two attached hydrogens (primary N) is 5. The highest BCUT2D eigenvalue weighted by Crippen LogP contribution is 2.22. The standard InChI is InChI=1S/C32H43ClN10O3/c1-43(24(30(37)45)7-2-4-18-34)25(44)17-12-21-10-15-23(16-11-21)22-13-8-20(9-14-22)6-3-5-19-39-32(38)42-31(46)26-28(35)41-29(36)27(33)40-26/h8-11,13-16,24H,2-7,12,17-19,34H2,1H3,(H2,37,45)(H4,35,36,41)(H3,38,39,42,46)/t24-/m1/s1. The Morgan fingerprint density at radius 2 is 1.48 bits per heavy atom. The van der Waals surface area contributed by atoms with E-state index in [0.717, 1.165) is 48.8 Å². The number of benzene rings is 2. The van der Waals surface area contributed by atoms with Crippen LogP contribution >= 0.6 is 11.6 Å². The summed E-state index contributed by atoms with van der Waals surface area (Å²) in [4.78, 5) is 50.2. The number of primary amides is 1. The van der Waals surface area contributed by atoms with Gasteiger partial charge in [0.05, 0.1) is 0 Å². The Morgan fingerprint density at radius 1 is 0.870 bits per heavy atom. The minimum atomic E-state index is -0.675. The summed E-state index contributed by atoms with van der Waals surface area (Å²) in [7, 11) is 1.63. The maximum absolute atomic E-state index is 12.7. The normalized spacial score (nSPS) is 12.0. The topological polar surface area (TPSA) is 235 Å². The van der Waals surface area contributed by atoms with Crippen molar-refractivity contribution in [3.8, 4) is 11.1 Å². The van der Waals surface area contributed by atoms with E-state index in [1.165, 1.54) is 10.5 Å². The highest BCUT2D eigenvalue weighted by Gasteiger charge is 2.24. The first-order valence-electron chi connectivity index (χ1n) is 15.1. The minimum Gasteiger partial charge on any atom is -0.382 e. The second-order valence-corrected chi connectivity index (χ2v) is 11.3. The maximum Gasteiger partial charge on any atom is 0.280 e. The lowest BCUT2D eigenvalue weighted by Gasteiger charge is -2.25. The van der Waals surface area contributed by atoms with Gasteiger partial charge in [-0.05, 0) is 73.7 Å². The fraction of sp³-hybridized carbons (Fsp3) is 0.375. The van der Waals surface area contributed by atoms with Crippen molar-refractivity contribution in [1.29, 1.82) is 0 Å². The van der Waals surface area contributed by atoms with E-state index in [0.29, 0.717) is 32.4 Å². The molecule has 0 fully saturated rings. The van der Waals surface area contributed by atoms with Crippen LogP contribution < -0.4 is 34.0 Å². The van der Waals surface area contributed by atoms with Gasteiger partial charge in [0.15, 0.2) is 28.4 Å². The molecule has 13 nitrogen and oxygen atoms in total. The molecule has 0 radical (unpaired) electrons. The minimum absolute atomic E-state index is 0.0563. The number of aromatic nitrogens is 2. The Bertz CT molecular complexity index is 1510. The van der Waals surface area contributed by atoms with Crippen LogP contribution in [0.2, 0.25) is 5.15 Å². The van der Waals surface area contributed by atoms with Crippen LogP contribution in [0.5, 0.6) is 0 Å². The fourth-order valence-corrected chi connectivity index (χ4v) is 4.93. The molecule has 0 aliphatic carbocycles. The first-order valence-corrected chi connectivity index (χ1v) is 15.5. The van der Waals surface area contributed by atoms with Crippen molar-refractivity contribution < 1.29 is 14.4 Å². The summed E-state index contributed by atoms with van der Waals surface area (Å²) in [5.41, 5.74) is 32.3. The van der Waals surface area contributed by atoms with Gasteiger partial charge in [-0.3, -0.25) is 24.7 Å². The molecule has 0 saturated carbocycles. The molecule has 0 unspecified atom stereocenters. The molecule has 46 heavy (non-hydrogen) atoms. The van der Waals surface area contributed by atoms with E-state index in [1.807, 2.05) is 24.3 Å². The smallest absolute Gasteiger partial charge is 0.280 e. The lowest BCUT2D eigenvalue weighted by atomic mass is 9.99. The van der Waals surface area contributed by atoms with E-state index in [1.54, 1.807) is 7.05 Å². The molecule has 2 aromatic carbocycles. The molecule has 0 saturated heterocycles. The van der Waals surface area contributed by atoms with Crippen LogP contribution in [0.4, 0.5) is 11.6 Å². The van der Waals surface area contributed by atoms with Crippen LogP contribution in [0.15, 0.2) is 53.5 Å². The van der Waals surface area contributed by atoms with E-state index in [4.69, 9.17) is 40.3 Å². The molecule has 0 spiro atoms. The quantitative estimate of drug-likeness (QED) is 0.0757. The number of hydrogen-bond acceptors (Lipinski definition) is 9. The van der Waals surface area contributed by atoms with Crippen LogP contribution in [0.1, 0.15) is 60.1 Å². The summed E-state index contributed by atoms with van der Waals surface area (Å²) < 4.78 is 0. The average molecular weight is 651 g/mol. The van der Waals surface area contributed by atoms with Gasteiger partial charge in [0, 0.05) is 20.0 Å². The van der Waals surface area contributed by atoms with E-state index in [-0.39, 0.29) is 34.3 Å². The first kappa shape index (κ1) is 35.7. The number of rotatable bonds is 16. The van der Waals surface area contributed by atoms with Crippen molar-refractivity contribution in [2.45, 2.75) is 57.4 Å². The summed E-state index contributed by atoms with van der Waals surface area (Å²) in [6, 6.07) is 15.9. The zero-order chi connectivity index (χ0) is 33.6. The number of anilines is 2. The van der Waals surface area contributed by atoms with Crippen LogP contribution in [0, 0.1) is 0 Å². The summed E-state index contributed by atoms with van der Waals surface area (Å²) in [6.07, 6.45) is 5.42. The van der Waals surface area contributed by atoms with Crippen molar-refractivity contribution in [3.63, 3.8) is 0 Å². The van der Waals surface area contributed by atoms with Gasteiger partial charge in [0.1, 0.15) is 6.04 Å². The first-order chi connectivity index (χ1) is 22.0. The van der Waals surface area contributed by atoms with Crippen molar-refractivity contribution in [2.24, 2.45) is 22.2 Å². The summed E-state index contributed by atoms with van der Waals surface area (Å²) in [6.45, 7) is 0.974. The number of unbranched alkanes of at least 4 members (excludes halogenated alkanes) is 2. The Kier molecular flexibility index (Phi) is 13.7. The van der Waals surface area contributed by atoms with E-state index in [2.05, 4.69) is 44.5 Å². The Labute approximate surface area is 274 Å². The third-order valence-electron chi connectivity index (χ3n) is 7.51. The van der Waals surface area contributed by atoms with Crippen molar-refractivity contribution in [3.05, 3.63) is 70.5 Å². The van der Waals surface area contributed by atoms with Crippen molar-refractivity contribution in [1.82, 2.24) is 20.2 Å². The molecule has 14 heteroatoms. The number of carbonyl (C=O) groups is 3. The zero-order valence-corrected chi connectivity index (χ0v) is 26.8. The number of carbonyl (C=O) groups excluding carboxylic acids is 3. The van der Waals surface area contributed by atoms with E-state index < -0.39 is 17.9 Å². The molecule has 246 valence electrons. The second-order valence-electron chi connectivity index (χ2n) is 10.9. The van der Waals surface area contributed by atoms with Crippen molar-refractivity contribution in [2.75, 3.05) is 31.6 Å². The largest absolute Gasteiger partial charge is 0.382 e. The molecule has 0 aliphatic rings. The Morgan fingerprint density at radius 3 is 2.07 bits per heavy atom. The predicted octanol–water partition coefficient (Wildman–Crippen LogP) is 2.40. The van der Waals surface area contributed by atoms with Crippen LogP contribution in [-0.4, -0.2) is 64.7 Å². The maximum atomic E-state index is 12.7. The number of nitrogens with one attached hydrogen (secondary N) is 1. The molecule has 1 atom stereocenters. The van der Waals surface area contributed by atoms with E-state index >= 15 is 0 Å². The highest BCUT2D eigenvalue weighted by molar-refractivity contribution is 6.31. The van der Waals surface area contributed by atoms with Gasteiger partial charge in [-0.25, -0.2) is 9.97 Å². The third kappa shape index (κ3) is 10.7. The third-order valence-corrected chi connectivity index (χ3v) is 7.79. The number of nitrogens with zero attached hydrogens (tertiary/aromatic N) is 4. The Hall–Kier alpha value is -4.75. The molecule has 3 amide bonds. The van der Waals surface area contributed by atoms with Gasteiger partial charge in [-0.1, -0.05) is 60.1 Å². The molecule has 0 bridgehead atoms. The molecular formula is C32H43ClN10O3. The number of nitrogen functional groups attached to an aromatic ring is 2. The SMILES string of the molecule is CN(C(=O)CCc1ccc(-c2ccc(CCCCN=C(N)NC(=O)c3nc(Cl)c(N)nc3N)cc2)cc1)[C@H](CCCCN)C(N)=O. The lowest BCUT2D eigenvalue weighted by Crippen LogP contribution is -2.45. The molecular weight excluding hydrogens is 608 g/mol. The monoisotopic (exact) mass is 650 g/mol. The zero-order valence-electron chi connectivity index (χ0n) is 26.0. The van der Waals surface area contributed by atoms with Crippen LogP contribution in [0.25, 0.3) is 11.1 Å². The van der Waals surface area contributed by atoms with Gasteiger partial charge < -0.3 is 33.6 Å². The number of halogens is 1. The Balaban J connectivity index is 1.42. The summed E-state index contributed by atoms with van der Waals surface area (Å²) in [5.74, 6) is -1.57. The molecule has 3 rings (SSSR count). The number of aliphatic imine (C=N–C) groups is 1. The highest BCUT2D eigenvalue weighted by atomic mass is 35.5. The van der Waals surface area contributed by atoms with Crippen molar-refractivity contribution >= 4 is 46.9 Å². The average Bonchev–Trinajstić information content (AvgIpc) is 3.03. The van der Waals surface area contributed by atoms with Gasteiger partial charge in [0.25, 0.3) is 5.91 Å². The second kappa shape index (κ2) is 17.7. The summed E-state index contributed by atoms with van der Waals surface area (Å²) in [5, 5.41) is 2.29. The van der Waals surface area contributed by atoms with E-state index in [9.17, 15) is 14.4 Å². The lowest BCUT2D eigenvalue weighted by molar-refractivity contribution is -0.138. The molecule has 11 N–H and O–H groups in total. The van der Waals surface area contributed by atoms with Crippen LogP contribution in [-0.2, 0) is 22.4 Å². The molecule has 0 aliphatic heterocycles. The number of amides is 3. The molecule has 1 aromatic heterocycles. The molecule has 3 aromatic rings. The fourth-order valence-electron chi connectivity index (χ4n) is 4.80. The number of hydrogen-bond donors (Lipinski definition) is 6. The number of aryl methyl sites for hydroxylation is 2. The van der Waals surface area contributed by atoms with Gasteiger partial charge in [-0.15, -0.1) is 0 Å². The number of likely N-dealkylation sites (N-methyl/N-ethyl adjacent to an activating group) is 1. The van der Waals surface area contributed by atoms with Gasteiger partial charge >= 0.3 is 0 Å². The molecule has 1 heterocycles. The van der Waals surface area contributed by atoms with Gasteiger partial charge in [0.2, 0.25) is 11.8 Å². The summed E-state index contributed by atoms with van der Waals surface area (Å²) >= 11 is 5.82. The predicted molar refractivity (Wildman–Crippen MR) is 182 cm³/mol. The van der Waals surface area contributed by atoms with Gasteiger partial charge in [-0.2, -0.15) is 0 Å². The number of guanidine groups is 1.